The second-order valence-electron chi connectivity index (χ2n) is 12.1. The molecule has 182 valence electrons. The van der Waals surface area contributed by atoms with Gasteiger partial charge < -0.3 is 0 Å². The summed E-state index contributed by atoms with van der Waals surface area (Å²) in [5.41, 5.74) is 7.06. The molecular weight excluding hydrogens is 432 g/mol. The molecule has 1 aromatic carbocycles. The number of nitrogens with one attached hydrogen (secondary N) is 1. The van der Waals surface area contributed by atoms with Gasteiger partial charge in [-0.1, -0.05) is 47.1 Å². The number of hydrogen-bond donors (Lipinski definition) is 1. The molecule has 34 heavy (non-hydrogen) atoms. The Balaban J connectivity index is 1.56. The summed E-state index contributed by atoms with van der Waals surface area (Å²) in [5, 5.41) is 27.5. The lowest BCUT2D eigenvalue weighted by atomic mass is 9.62. The number of hydrogen-bond acceptors (Lipinski definition) is 6. The van der Waals surface area contributed by atoms with Gasteiger partial charge in [0.05, 0.1) is 21.6 Å². The van der Waals surface area contributed by atoms with E-state index in [1.54, 1.807) is 5.57 Å². The summed E-state index contributed by atoms with van der Waals surface area (Å²) in [6.45, 7) is 14.2. The SMILES string of the molecule is C[C@H]1[C@H]2C[C@H](C/C2=C2/C(=N\Nc3ccc([N+](=O)[O-])cc3[N+](=O)[O-])[C@@H]3C[C@@H]2C(C)(C)[C@H]3C)C1(C)C. The molecule has 1 aromatic rings. The smallest absolute Gasteiger partial charge is 0.271 e. The van der Waals surface area contributed by atoms with E-state index in [4.69, 9.17) is 5.10 Å². The lowest BCUT2D eigenvalue weighted by molar-refractivity contribution is -0.393. The maximum Gasteiger partial charge on any atom is 0.301 e. The summed E-state index contributed by atoms with van der Waals surface area (Å²) in [4.78, 5) is 21.5. The van der Waals surface area contributed by atoms with Crippen molar-refractivity contribution in [1.29, 1.82) is 0 Å². The van der Waals surface area contributed by atoms with E-state index in [1.165, 1.54) is 24.1 Å². The van der Waals surface area contributed by atoms with Gasteiger partial charge in [-0.3, -0.25) is 25.7 Å². The average Bonchev–Trinajstić information content (AvgIpc) is 3.47. The molecule has 4 bridgehead atoms. The van der Waals surface area contributed by atoms with Crippen LogP contribution in [0.1, 0.15) is 60.8 Å². The molecule has 6 atom stereocenters. The average molecular weight is 467 g/mol. The topological polar surface area (TPSA) is 111 Å². The second-order valence-corrected chi connectivity index (χ2v) is 12.1. The third-order valence-electron chi connectivity index (χ3n) is 10.5. The summed E-state index contributed by atoms with van der Waals surface area (Å²) in [7, 11) is 0. The van der Waals surface area contributed by atoms with Crippen molar-refractivity contribution in [2.24, 2.45) is 51.4 Å². The molecular formula is C26H34N4O4. The summed E-state index contributed by atoms with van der Waals surface area (Å²) < 4.78 is 0. The van der Waals surface area contributed by atoms with E-state index in [0.717, 1.165) is 24.6 Å². The van der Waals surface area contributed by atoms with Crippen LogP contribution in [0.25, 0.3) is 0 Å². The molecule has 0 aliphatic heterocycles. The largest absolute Gasteiger partial charge is 0.301 e. The molecule has 8 nitrogen and oxygen atoms in total. The molecule has 5 rings (SSSR count). The lowest BCUT2D eigenvalue weighted by Crippen LogP contribution is -2.38. The fourth-order valence-corrected chi connectivity index (χ4v) is 7.57. The first-order valence-electron chi connectivity index (χ1n) is 12.3. The monoisotopic (exact) mass is 466 g/mol. The zero-order valence-corrected chi connectivity index (χ0v) is 20.8. The molecule has 4 aliphatic carbocycles. The number of nitrogens with zero attached hydrogens (tertiary/aromatic N) is 3. The summed E-state index contributed by atoms with van der Waals surface area (Å²) in [6.07, 6.45) is 3.45. The summed E-state index contributed by atoms with van der Waals surface area (Å²) >= 11 is 0. The zero-order valence-electron chi connectivity index (χ0n) is 20.8. The van der Waals surface area contributed by atoms with Gasteiger partial charge in [0, 0.05) is 12.0 Å². The fraction of sp³-hybridized carbons (Fsp3) is 0.654. The molecule has 8 heteroatoms. The predicted octanol–water partition coefficient (Wildman–Crippen LogP) is 6.58. The van der Waals surface area contributed by atoms with Gasteiger partial charge in [-0.15, -0.1) is 0 Å². The Morgan fingerprint density at radius 1 is 0.971 bits per heavy atom. The Bertz CT molecular complexity index is 1150. The number of anilines is 1. The molecule has 4 aliphatic rings. The Hall–Kier alpha value is -2.77. The Morgan fingerprint density at radius 3 is 2.24 bits per heavy atom. The number of nitro benzene ring substituents is 2. The minimum Gasteiger partial charge on any atom is -0.271 e. The predicted molar refractivity (Wildman–Crippen MR) is 132 cm³/mol. The summed E-state index contributed by atoms with van der Waals surface area (Å²) in [5.74, 6) is 3.12. The van der Waals surface area contributed by atoms with Crippen LogP contribution in [0.2, 0.25) is 0 Å². The van der Waals surface area contributed by atoms with E-state index < -0.39 is 9.85 Å². The third kappa shape index (κ3) is 3.06. The minimum atomic E-state index is -0.622. The molecule has 0 heterocycles. The van der Waals surface area contributed by atoms with Crippen LogP contribution < -0.4 is 5.43 Å². The van der Waals surface area contributed by atoms with Gasteiger partial charge in [-0.2, -0.15) is 5.10 Å². The van der Waals surface area contributed by atoms with Gasteiger partial charge in [-0.25, -0.2) is 0 Å². The van der Waals surface area contributed by atoms with Crippen LogP contribution in [0.3, 0.4) is 0 Å². The fourth-order valence-electron chi connectivity index (χ4n) is 7.57. The zero-order chi connectivity index (χ0) is 24.7. The number of benzene rings is 1. The van der Waals surface area contributed by atoms with E-state index in [2.05, 4.69) is 47.0 Å². The highest BCUT2D eigenvalue weighted by atomic mass is 16.6. The van der Waals surface area contributed by atoms with E-state index in [-0.39, 0.29) is 22.5 Å². The molecule has 4 saturated carbocycles. The van der Waals surface area contributed by atoms with Gasteiger partial charge in [0.2, 0.25) is 0 Å². The molecule has 0 radical (unpaired) electrons. The van der Waals surface area contributed by atoms with Crippen molar-refractivity contribution < 1.29 is 9.85 Å². The maximum atomic E-state index is 11.6. The van der Waals surface area contributed by atoms with E-state index in [0.29, 0.717) is 40.9 Å². The van der Waals surface area contributed by atoms with Crippen LogP contribution in [0.4, 0.5) is 17.1 Å². The molecule has 4 fully saturated rings. The van der Waals surface area contributed by atoms with Gasteiger partial charge in [-0.05, 0) is 71.3 Å². The van der Waals surface area contributed by atoms with Crippen LogP contribution in [-0.4, -0.2) is 15.6 Å². The highest BCUT2D eigenvalue weighted by Gasteiger charge is 2.60. The molecule has 0 spiro atoms. The Morgan fingerprint density at radius 2 is 1.65 bits per heavy atom. The van der Waals surface area contributed by atoms with Crippen molar-refractivity contribution in [2.45, 2.75) is 60.8 Å². The lowest BCUT2D eigenvalue weighted by Gasteiger charge is -2.42. The van der Waals surface area contributed by atoms with Crippen molar-refractivity contribution in [3.05, 3.63) is 49.6 Å². The van der Waals surface area contributed by atoms with Crippen molar-refractivity contribution in [3.63, 3.8) is 0 Å². The van der Waals surface area contributed by atoms with Gasteiger partial charge in [0.1, 0.15) is 5.69 Å². The van der Waals surface area contributed by atoms with E-state index in [9.17, 15) is 20.2 Å². The molecule has 0 amide bonds. The van der Waals surface area contributed by atoms with Crippen LogP contribution >= 0.6 is 0 Å². The second kappa shape index (κ2) is 7.36. The van der Waals surface area contributed by atoms with Crippen LogP contribution in [0.15, 0.2) is 34.4 Å². The van der Waals surface area contributed by atoms with Crippen LogP contribution in [0, 0.1) is 66.6 Å². The van der Waals surface area contributed by atoms with Crippen molar-refractivity contribution in [3.8, 4) is 0 Å². The molecule has 1 N–H and O–H groups in total. The van der Waals surface area contributed by atoms with Crippen LogP contribution in [0.5, 0.6) is 0 Å². The Labute approximate surface area is 200 Å². The van der Waals surface area contributed by atoms with Gasteiger partial charge >= 0.3 is 5.69 Å². The standard InChI is InChI=1S/C26H34N4O4/c1-13-17-9-15(25(13,3)4)10-19(17)23-20-12-18(14(2)26(20,5)6)24(23)28-27-21-8-7-16(29(31)32)11-22(21)30(33)34/h7-8,11,13-15,17-18,20,27H,9-10,12H2,1-6H3/b23-19-,28-24-/t13-,14-,15+,17+,18+,20-/m0/s1. The first-order chi connectivity index (χ1) is 15.9. The third-order valence-corrected chi connectivity index (χ3v) is 10.5. The number of non-ortho nitro benzene ring substituents is 1. The molecule has 0 unspecified atom stereocenters. The highest BCUT2D eigenvalue weighted by Crippen LogP contribution is 2.67. The maximum absolute atomic E-state index is 11.6. The normalized spacial score (nSPS) is 38.0. The molecule has 0 aromatic heterocycles. The van der Waals surface area contributed by atoms with Gasteiger partial charge in [0.15, 0.2) is 0 Å². The number of hydrazone groups is 1. The number of rotatable bonds is 4. The first-order valence-corrected chi connectivity index (χ1v) is 12.3. The number of fused-ring (bicyclic) bond motifs is 4. The summed E-state index contributed by atoms with van der Waals surface area (Å²) in [6, 6.07) is 3.66. The van der Waals surface area contributed by atoms with E-state index >= 15 is 0 Å². The quantitative estimate of drug-likeness (QED) is 0.398. The van der Waals surface area contributed by atoms with Crippen molar-refractivity contribution >= 4 is 22.8 Å². The minimum absolute atomic E-state index is 0.185. The van der Waals surface area contributed by atoms with Crippen LogP contribution in [-0.2, 0) is 0 Å². The Kier molecular flexibility index (Phi) is 4.98. The first kappa shape index (κ1) is 23.0. The number of allylic oxidation sites excluding steroid dienone is 2. The van der Waals surface area contributed by atoms with Crippen molar-refractivity contribution in [1.82, 2.24) is 0 Å². The van der Waals surface area contributed by atoms with E-state index in [1.807, 2.05) is 0 Å². The molecule has 0 saturated heterocycles. The number of nitro groups is 2. The van der Waals surface area contributed by atoms with Crippen molar-refractivity contribution in [2.75, 3.05) is 5.43 Å². The highest BCUT2D eigenvalue weighted by molar-refractivity contribution is 6.07. The van der Waals surface area contributed by atoms with Gasteiger partial charge in [0.25, 0.3) is 5.69 Å².